The van der Waals surface area contributed by atoms with E-state index in [4.69, 9.17) is 11.6 Å². The minimum atomic E-state index is -4.73. The molecule has 0 bridgehead atoms. The fraction of sp³-hybridized carbons (Fsp3) is 0.622. The molecule has 2 aromatic rings. The lowest BCUT2D eigenvalue weighted by atomic mass is 9.79. The first-order valence-corrected chi connectivity index (χ1v) is 17.9. The van der Waals surface area contributed by atoms with Crippen LogP contribution < -0.4 is 10.6 Å². The SMILES string of the molecule is Cc1cc([C@H](C)NC(=O)C2CC(CNC3=NCCC3)CC(c3ccc(F)cc3C(F)(F)F)N2C2CCCCCCCCC2)ccc1Cl. The molecule has 258 valence electrons. The van der Waals surface area contributed by atoms with Gasteiger partial charge in [-0.05, 0) is 86.8 Å². The van der Waals surface area contributed by atoms with Crippen LogP contribution in [-0.4, -0.2) is 41.8 Å². The van der Waals surface area contributed by atoms with E-state index < -0.39 is 29.6 Å². The van der Waals surface area contributed by atoms with Gasteiger partial charge in [-0.3, -0.25) is 14.7 Å². The van der Waals surface area contributed by atoms with Crippen molar-refractivity contribution in [1.29, 1.82) is 0 Å². The number of carbonyl (C=O) groups is 1. The van der Waals surface area contributed by atoms with Gasteiger partial charge in [0, 0.05) is 36.6 Å². The minimum Gasteiger partial charge on any atom is -0.374 e. The molecular weight excluding hydrogens is 628 g/mol. The zero-order valence-electron chi connectivity index (χ0n) is 27.6. The molecule has 0 aromatic heterocycles. The van der Waals surface area contributed by atoms with Crippen molar-refractivity contribution in [3.63, 3.8) is 0 Å². The summed E-state index contributed by atoms with van der Waals surface area (Å²) in [7, 11) is 0. The van der Waals surface area contributed by atoms with Crippen LogP contribution in [0.2, 0.25) is 5.02 Å². The van der Waals surface area contributed by atoms with Crippen LogP contribution in [0.25, 0.3) is 0 Å². The van der Waals surface area contributed by atoms with E-state index in [9.17, 15) is 22.4 Å². The van der Waals surface area contributed by atoms with Crippen LogP contribution in [0, 0.1) is 18.7 Å². The zero-order chi connectivity index (χ0) is 33.6. The highest BCUT2D eigenvalue weighted by Gasteiger charge is 2.46. The quantitative estimate of drug-likeness (QED) is 0.287. The smallest absolute Gasteiger partial charge is 0.374 e. The normalized spacial score (nSPS) is 24.4. The molecule has 10 heteroatoms. The number of carbonyl (C=O) groups excluding carboxylic acids is 1. The van der Waals surface area contributed by atoms with Crippen molar-refractivity contribution in [1.82, 2.24) is 15.5 Å². The van der Waals surface area contributed by atoms with Crippen LogP contribution in [0.5, 0.6) is 0 Å². The van der Waals surface area contributed by atoms with Crippen LogP contribution in [0.1, 0.15) is 125 Å². The highest BCUT2D eigenvalue weighted by Crippen LogP contribution is 2.45. The molecule has 1 aliphatic carbocycles. The molecule has 4 atom stereocenters. The third kappa shape index (κ3) is 9.28. The molecule has 3 aliphatic rings. The molecule has 1 amide bonds. The molecule has 2 aromatic carbocycles. The van der Waals surface area contributed by atoms with Crippen molar-refractivity contribution >= 4 is 23.3 Å². The van der Waals surface area contributed by atoms with Gasteiger partial charge in [-0.2, -0.15) is 13.2 Å². The number of nitrogens with zero attached hydrogens (tertiary/aromatic N) is 2. The van der Waals surface area contributed by atoms with E-state index in [1.54, 1.807) is 0 Å². The number of aliphatic imine (C=N–C) groups is 1. The Labute approximate surface area is 281 Å². The van der Waals surface area contributed by atoms with Crippen molar-refractivity contribution < 1.29 is 22.4 Å². The van der Waals surface area contributed by atoms with Crippen molar-refractivity contribution in [2.45, 2.75) is 128 Å². The van der Waals surface area contributed by atoms with Gasteiger partial charge in [0.25, 0.3) is 0 Å². The first-order valence-electron chi connectivity index (χ1n) is 17.5. The maximum Gasteiger partial charge on any atom is 0.416 e. The second kappa shape index (κ2) is 16.2. The predicted octanol–water partition coefficient (Wildman–Crippen LogP) is 9.48. The number of likely N-dealkylation sites (tertiary alicyclic amines) is 1. The number of alkyl halides is 3. The summed E-state index contributed by atoms with van der Waals surface area (Å²) in [6, 6.07) is 6.98. The fourth-order valence-corrected chi connectivity index (χ4v) is 7.94. The predicted molar refractivity (Wildman–Crippen MR) is 180 cm³/mol. The highest BCUT2D eigenvalue weighted by atomic mass is 35.5. The summed E-state index contributed by atoms with van der Waals surface area (Å²) in [6.07, 6.45) is 7.21. The summed E-state index contributed by atoms with van der Waals surface area (Å²) < 4.78 is 58.2. The molecule has 0 spiro atoms. The maximum absolute atomic E-state index is 14.6. The van der Waals surface area contributed by atoms with Crippen LogP contribution in [0.3, 0.4) is 0 Å². The maximum atomic E-state index is 14.6. The third-order valence-electron chi connectivity index (χ3n) is 10.3. The van der Waals surface area contributed by atoms with Gasteiger partial charge in [0.05, 0.1) is 23.5 Å². The molecule has 1 saturated carbocycles. The Balaban J connectivity index is 1.54. The van der Waals surface area contributed by atoms with Gasteiger partial charge in [-0.25, -0.2) is 4.39 Å². The van der Waals surface area contributed by atoms with Gasteiger partial charge < -0.3 is 10.6 Å². The number of amides is 1. The van der Waals surface area contributed by atoms with Gasteiger partial charge in [-0.1, -0.05) is 74.7 Å². The Morgan fingerprint density at radius 3 is 2.34 bits per heavy atom. The largest absolute Gasteiger partial charge is 0.416 e. The molecule has 2 fully saturated rings. The summed E-state index contributed by atoms with van der Waals surface area (Å²) in [5.74, 6) is -0.275. The van der Waals surface area contributed by atoms with Crippen molar-refractivity contribution in [3.05, 3.63) is 69.5 Å². The van der Waals surface area contributed by atoms with E-state index in [2.05, 4.69) is 20.5 Å². The Kier molecular flexibility index (Phi) is 12.3. The molecule has 47 heavy (non-hydrogen) atoms. The van der Waals surface area contributed by atoms with Gasteiger partial charge >= 0.3 is 6.18 Å². The lowest BCUT2D eigenvalue weighted by Gasteiger charge is -2.49. The molecule has 2 heterocycles. The number of halogens is 5. The van der Waals surface area contributed by atoms with Crippen molar-refractivity contribution in [2.75, 3.05) is 13.1 Å². The summed E-state index contributed by atoms with van der Waals surface area (Å²) >= 11 is 6.27. The minimum absolute atomic E-state index is 0.0538. The van der Waals surface area contributed by atoms with Crippen LogP contribution in [-0.2, 0) is 11.0 Å². The molecule has 2 aliphatic heterocycles. The molecule has 2 N–H and O–H groups in total. The number of rotatable bonds is 7. The summed E-state index contributed by atoms with van der Waals surface area (Å²) in [6.45, 7) is 5.13. The lowest BCUT2D eigenvalue weighted by molar-refractivity contribution is -0.140. The Hall–Kier alpha value is -2.65. The topological polar surface area (TPSA) is 56.7 Å². The summed E-state index contributed by atoms with van der Waals surface area (Å²) in [5.41, 5.74) is 0.916. The number of hydrogen-bond donors (Lipinski definition) is 2. The molecule has 1 saturated heterocycles. The third-order valence-corrected chi connectivity index (χ3v) is 10.7. The Morgan fingerprint density at radius 1 is 1.00 bits per heavy atom. The standard InChI is InChI=1S/C37H49ClF4N4O/c1-24-19-27(14-17-32(24)38)25(2)45-36(47)34-21-26(23-44-35-13-10-18-43-35)20-33(30-16-15-28(39)22-31(30)37(40,41)42)46(34)29-11-8-6-4-3-5-7-9-12-29/h14-17,19,22,25-26,29,33-34H,3-13,18,20-21,23H2,1-2H3,(H,43,44)(H,45,47)/t25-,26?,33?,34?/m0/s1. The molecule has 3 unspecified atom stereocenters. The Morgan fingerprint density at radius 2 is 1.70 bits per heavy atom. The second-order valence-corrected chi connectivity index (χ2v) is 14.2. The van der Waals surface area contributed by atoms with Crippen molar-refractivity contribution in [2.24, 2.45) is 10.9 Å². The van der Waals surface area contributed by atoms with E-state index in [0.717, 1.165) is 93.8 Å². The second-order valence-electron chi connectivity index (χ2n) is 13.8. The number of amidine groups is 1. The summed E-state index contributed by atoms with van der Waals surface area (Å²) in [5, 5.41) is 7.32. The van der Waals surface area contributed by atoms with E-state index in [0.29, 0.717) is 30.5 Å². The van der Waals surface area contributed by atoms with Crippen LogP contribution in [0.15, 0.2) is 41.4 Å². The van der Waals surface area contributed by atoms with E-state index in [1.807, 2.05) is 32.0 Å². The number of aryl methyl sites for hydroxylation is 1. The fourth-order valence-electron chi connectivity index (χ4n) is 7.82. The number of piperidine rings is 1. The van der Waals surface area contributed by atoms with Crippen LogP contribution >= 0.6 is 11.6 Å². The number of hydrogen-bond acceptors (Lipinski definition) is 4. The summed E-state index contributed by atoms with van der Waals surface area (Å²) in [4.78, 5) is 21.1. The average Bonchev–Trinajstić information content (AvgIpc) is 3.57. The van der Waals surface area contributed by atoms with E-state index >= 15 is 0 Å². The van der Waals surface area contributed by atoms with Gasteiger partial charge in [0.15, 0.2) is 0 Å². The average molecular weight is 677 g/mol. The molecule has 0 radical (unpaired) electrons. The molecule has 5 nitrogen and oxygen atoms in total. The van der Waals surface area contributed by atoms with Crippen molar-refractivity contribution in [3.8, 4) is 0 Å². The van der Waals surface area contributed by atoms with E-state index in [-0.39, 0.29) is 29.5 Å². The zero-order valence-corrected chi connectivity index (χ0v) is 28.4. The van der Waals surface area contributed by atoms with E-state index in [1.165, 1.54) is 12.5 Å². The van der Waals surface area contributed by atoms with Crippen LogP contribution in [0.4, 0.5) is 17.6 Å². The monoisotopic (exact) mass is 676 g/mol. The van der Waals surface area contributed by atoms with Gasteiger partial charge in [0.1, 0.15) is 5.82 Å². The molecular formula is C37H49ClF4N4O. The highest BCUT2D eigenvalue weighted by molar-refractivity contribution is 6.31. The Bertz CT molecular complexity index is 1390. The first kappa shape index (κ1) is 35.7. The lowest BCUT2D eigenvalue weighted by Crippen LogP contribution is -2.57. The van der Waals surface area contributed by atoms with Gasteiger partial charge in [0.2, 0.25) is 5.91 Å². The first-order chi connectivity index (χ1) is 22.5. The number of benzene rings is 2. The van der Waals surface area contributed by atoms with Gasteiger partial charge in [-0.15, -0.1) is 0 Å². The molecule has 5 rings (SSSR count). The number of nitrogens with one attached hydrogen (secondary N) is 2.